The van der Waals surface area contributed by atoms with Gasteiger partial charge in [0, 0.05) is 38.9 Å². The van der Waals surface area contributed by atoms with Gasteiger partial charge in [0.1, 0.15) is 6.10 Å². The molecule has 0 radical (unpaired) electrons. The molecule has 0 unspecified atom stereocenters. The van der Waals surface area contributed by atoms with E-state index in [2.05, 4.69) is 14.9 Å². The molecule has 1 saturated heterocycles. The van der Waals surface area contributed by atoms with Crippen molar-refractivity contribution >= 4 is 10.0 Å². The number of ether oxygens (including phenoxy) is 1. The van der Waals surface area contributed by atoms with Crippen molar-refractivity contribution in [2.75, 3.05) is 13.2 Å². The molecule has 126 valence electrons. The van der Waals surface area contributed by atoms with Gasteiger partial charge < -0.3 is 4.74 Å². The highest BCUT2D eigenvalue weighted by Gasteiger charge is 2.33. The normalized spacial score (nSPS) is 21.8. The molecule has 0 aromatic carbocycles. The summed E-state index contributed by atoms with van der Waals surface area (Å²) in [4.78, 5) is 0. The first-order chi connectivity index (χ1) is 11.0. The van der Waals surface area contributed by atoms with Crippen molar-refractivity contribution in [3.63, 3.8) is 0 Å². The molecule has 1 aliphatic rings. The Balaban J connectivity index is 1.71. The van der Waals surface area contributed by atoms with Crippen LogP contribution in [0.1, 0.15) is 25.1 Å². The molecule has 2 atom stereocenters. The zero-order valence-corrected chi connectivity index (χ0v) is 14.0. The molecule has 2 aromatic rings. The number of aromatic nitrogens is 4. The second-order valence-corrected chi connectivity index (χ2v) is 7.27. The Morgan fingerprint density at radius 2 is 2.13 bits per heavy atom. The van der Waals surface area contributed by atoms with E-state index in [0.29, 0.717) is 19.7 Å². The van der Waals surface area contributed by atoms with Gasteiger partial charge in [0.15, 0.2) is 5.03 Å². The summed E-state index contributed by atoms with van der Waals surface area (Å²) in [6.07, 6.45) is 3.89. The molecule has 8 nitrogen and oxygen atoms in total. The van der Waals surface area contributed by atoms with Crippen LogP contribution in [0.25, 0.3) is 0 Å². The number of hydrogen-bond donors (Lipinski definition) is 1. The third-order valence-electron chi connectivity index (χ3n) is 4.15. The smallest absolute Gasteiger partial charge is 0.257 e. The molecule has 23 heavy (non-hydrogen) atoms. The second kappa shape index (κ2) is 6.42. The third kappa shape index (κ3) is 3.17. The summed E-state index contributed by atoms with van der Waals surface area (Å²) >= 11 is 0. The molecule has 9 heteroatoms. The maximum Gasteiger partial charge on any atom is 0.257 e. The zero-order valence-electron chi connectivity index (χ0n) is 13.2. The highest BCUT2D eigenvalue weighted by atomic mass is 32.2. The topological polar surface area (TPSA) is 91.0 Å². The quantitative estimate of drug-likeness (QED) is 0.836. The van der Waals surface area contributed by atoms with E-state index >= 15 is 0 Å². The van der Waals surface area contributed by atoms with Crippen molar-refractivity contribution in [3.8, 4) is 0 Å². The Morgan fingerprint density at radius 3 is 2.83 bits per heavy atom. The molecular weight excluding hydrogens is 318 g/mol. The van der Waals surface area contributed by atoms with E-state index in [1.165, 1.54) is 16.9 Å². The van der Waals surface area contributed by atoms with E-state index in [9.17, 15) is 8.42 Å². The minimum Gasteiger partial charge on any atom is -0.372 e. The van der Waals surface area contributed by atoms with Crippen LogP contribution in [0.5, 0.6) is 0 Å². The van der Waals surface area contributed by atoms with E-state index < -0.39 is 10.0 Å². The Kier molecular flexibility index (Phi) is 4.51. The first kappa shape index (κ1) is 16.2. The molecule has 1 aliphatic heterocycles. The lowest BCUT2D eigenvalue weighted by Gasteiger charge is -2.19. The van der Waals surface area contributed by atoms with E-state index in [-0.39, 0.29) is 17.0 Å². The van der Waals surface area contributed by atoms with E-state index in [0.717, 1.165) is 12.1 Å². The lowest BCUT2D eigenvalue weighted by molar-refractivity contribution is 0.0850. The first-order valence-corrected chi connectivity index (χ1v) is 9.12. The lowest BCUT2D eigenvalue weighted by Crippen LogP contribution is -2.32. The number of rotatable bonds is 6. The average Bonchev–Trinajstić information content (AvgIpc) is 3.24. The summed E-state index contributed by atoms with van der Waals surface area (Å²) < 4.78 is 36.6. The molecule has 1 N–H and O–H groups in total. The van der Waals surface area contributed by atoms with Gasteiger partial charge in [-0.15, -0.1) is 0 Å². The summed E-state index contributed by atoms with van der Waals surface area (Å²) in [5.74, 6) is 0.0816. The number of nitrogens with zero attached hydrogens (tertiary/aromatic N) is 4. The molecule has 0 bridgehead atoms. The summed E-state index contributed by atoms with van der Waals surface area (Å²) in [7, 11) is -1.72. The molecule has 0 amide bonds. The molecule has 0 saturated carbocycles. The molecule has 1 fully saturated rings. The van der Waals surface area contributed by atoms with Crippen LogP contribution in [0.15, 0.2) is 29.6 Å². The van der Waals surface area contributed by atoms with Crippen LogP contribution in [0.3, 0.4) is 0 Å². The van der Waals surface area contributed by atoms with Crippen LogP contribution < -0.4 is 4.72 Å². The van der Waals surface area contributed by atoms with Gasteiger partial charge in [-0.05, 0) is 25.5 Å². The van der Waals surface area contributed by atoms with E-state index in [1.807, 2.05) is 20.0 Å². The van der Waals surface area contributed by atoms with Crippen LogP contribution >= 0.6 is 0 Å². The SMILES string of the molecule is CCn1nccc1S(=O)(=O)NC[C@@H]1CCO[C@H]1c1ccnn1C. The molecule has 3 heterocycles. The summed E-state index contributed by atoms with van der Waals surface area (Å²) in [6.45, 7) is 3.31. The van der Waals surface area contributed by atoms with Crippen LogP contribution in [0, 0.1) is 5.92 Å². The predicted molar refractivity (Wildman–Crippen MR) is 83.1 cm³/mol. The van der Waals surface area contributed by atoms with Gasteiger partial charge in [-0.2, -0.15) is 10.2 Å². The van der Waals surface area contributed by atoms with Crippen molar-refractivity contribution < 1.29 is 13.2 Å². The maximum absolute atomic E-state index is 12.5. The van der Waals surface area contributed by atoms with Crippen LogP contribution in [0.2, 0.25) is 0 Å². The Labute approximate surface area is 135 Å². The summed E-state index contributed by atoms with van der Waals surface area (Å²) in [6, 6.07) is 3.42. The Morgan fingerprint density at radius 1 is 1.35 bits per heavy atom. The van der Waals surface area contributed by atoms with Crippen molar-refractivity contribution in [3.05, 3.63) is 30.2 Å². The second-order valence-electron chi connectivity index (χ2n) is 5.56. The zero-order chi connectivity index (χ0) is 16.4. The standard InChI is InChI=1S/C14H21N5O3S/c1-3-19-13(5-8-16-19)23(20,21)17-10-11-6-9-22-14(11)12-4-7-15-18(12)2/h4-5,7-8,11,14,17H,3,6,9-10H2,1-2H3/t11-,14+/m0/s1. The highest BCUT2D eigenvalue weighted by Crippen LogP contribution is 2.33. The maximum atomic E-state index is 12.5. The molecule has 0 aliphatic carbocycles. The van der Waals surface area contributed by atoms with Crippen LogP contribution in [-0.2, 0) is 28.4 Å². The van der Waals surface area contributed by atoms with Crippen molar-refractivity contribution in [2.45, 2.75) is 31.0 Å². The highest BCUT2D eigenvalue weighted by molar-refractivity contribution is 7.89. The van der Waals surface area contributed by atoms with Crippen molar-refractivity contribution in [2.24, 2.45) is 13.0 Å². The first-order valence-electron chi connectivity index (χ1n) is 7.64. The van der Waals surface area contributed by atoms with Gasteiger partial charge in [0.2, 0.25) is 0 Å². The van der Waals surface area contributed by atoms with Gasteiger partial charge in [-0.1, -0.05) is 0 Å². The van der Waals surface area contributed by atoms with E-state index in [4.69, 9.17) is 4.74 Å². The number of hydrogen-bond acceptors (Lipinski definition) is 5. The van der Waals surface area contributed by atoms with Gasteiger partial charge in [-0.25, -0.2) is 13.1 Å². The molecular formula is C14H21N5O3S. The number of sulfonamides is 1. The summed E-state index contributed by atoms with van der Waals surface area (Å²) in [5, 5.41) is 8.35. The Bertz CT molecular complexity index is 767. The predicted octanol–water partition coefficient (Wildman–Crippen LogP) is 0.693. The molecule has 2 aromatic heterocycles. The van der Waals surface area contributed by atoms with E-state index in [1.54, 1.807) is 10.9 Å². The number of aryl methyl sites for hydroxylation is 2. The van der Waals surface area contributed by atoms with Gasteiger partial charge >= 0.3 is 0 Å². The largest absolute Gasteiger partial charge is 0.372 e. The summed E-state index contributed by atoms with van der Waals surface area (Å²) in [5.41, 5.74) is 0.963. The molecule has 3 rings (SSSR count). The number of nitrogens with one attached hydrogen (secondary N) is 1. The fourth-order valence-electron chi connectivity index (χ4n) is 2.91. The third-order valence-corrected chi connectivity index (χ3v) is 5.60. The Hall–Kier alpha value is -1.71. The monoisotopic (exact) mass is 339 g/mol. The minimum atomic E-state index is -3.58. The van der Waals surface area contributed by atoms with Crippen LogP contribution in [-0.4, -0.2) is 41.1 Å². The lowest BCUT2D eigenvalue weighted by atomic mass is 9.99. The fourth-order valence-corrected chi connectivity index (χ4v) is 4.19. The fraction of sp³-hybridized carbons (Fsp3) is 0.571. The van der Waals surface area contributed by atoms with Gasteiger partial charge in [0.25, 0.3) is 10.0 Å². The van der Waals surface area contributed by atoms with Gasteiger partial charge in [0.05, 0.1) is 11.9 Å². The van der Waals surface area contributed by atoms with Crippen LogP contribution in [0.4, 0.5) is 0 Å². The minimum absolute atomic E-state index is 0.0816. The molecule has 0 spiro atoms. The average molecular weight is 339 g/mol. The van der Waals surface area contributed by atoms with Gasteiger partial charge in [-0.3, -0.25) is 9.36 Å². The van der Waals surface area contributed by atoms with Crippen molar-refractivity contribution in [1.29, 1.82) is 0 Å². The van der Waals surface area contributed by atoms with Crippen molar-refractivity contribution in [1.82, 2.24) is 24.3 Å².